The molecule has 2 amide bonds. The van der Waals surface area contributed by atoms with Crippen molar-refractivity contribution in [3.63, 3.8) is 0 Å². The minimum absolute atomic E-state index is 0.0760. The van der Waals surface area contributed by atoms with Gasteiger partial charge in [-0.15, -0.1) is 0 Å². The Morgan fingerprint density at radius 1 is 1.07 bits per heavy atom. The number of furan rings is 1. The number of nitrogens with zero attached hydrogens (tertiary/aromatic N) is 1. The van der Waals surface area contributed by atoms with Gasteiger partial charge in [0.25, 0.3) is 11.8 Å². The molecule has 2 aromatic carbocycles. The van der Waals surface area contributed by atoms with Crippen LogP contribution >= 0.6 is 0 Å². The van der Waals surface area contributed by atoms with Crippen molar-refractivity contribution in [1.29, 1.82) is 0 Å². The molecular weight excluding hydrogens is 376 g/mol. The number of carbonyl (C=O) groups excluding carboxylic acids is 2. The lowest BCUT2D eigenvalue weighted by molar-refractivity contribution is 0.0706. The maximum Gasteiger partial charge on any atom is 0.253 e. The molecule has 2 heterocycles. The molecule has 5 nitrogen and oxygen atoms in total. The number of benzene rings is 2. The van der Waals surface area contributed by atoms with Gasteiger partial charge in [0.15, 0.2) is 0 Å². The second-order valence-corrected chi connectivity index (χ2v) is 7.84. The fraction of sp³-hybridized carbons (Fsp3) is 0.280. The van der Waals surface area contributed by atoms with Crippen LogP contribution in [0.4, 0.5) is 0 Å². The molecule has 1 atom stereocenters. The quantitative estimate of drug-likeness (QED) is 0.682. The second-order valence-electron chi connectivity index (χ2n) is 7.84. The fourth-order valence-corrected chi connectivity index (χ4v) is 3.93. The smallest absolute Gasteiger partial charge is 0.253 e. The van der Waals surface area contributed by atoms with Crippen molar-refractivity contribution in [2.75, 3.05) is 13.1 Å². The van der Waals surface area contributed by atoms with Crippen LogP contribution in [0.5, 0.6) is 0 Å². The molecule has 0 radical (unpaired) electrons. The Morgan fingerprint density at radius 2 is 1.90 bits per heavy atom. The van der Waals surface area contributed by atoms with Gasteiger partial charge in [-0.25, -0.2) is 0 Å². The van der Waals surface area contributed by atoms with Crippen LogP contribution < -0.4 is 5.32 Å². The van der Waals surface area contributed by atoms with Crippen LogP contribution in [0, 0.1) is 6.92 Å². The molecule has 0 unspecified atom stereocenters. The Hall–Kier alpha value is -3.34. The largest absolute Gasteiger partial charge is 0.467 e. The molecule has 30 heavy (non-hydrogen) atoms. The number of piperidine rings is 1. The average molecular weight is 402 g/mol. The molecule has 1 fully saturated rings. The standard InChI is InChI=1S/C25H26N2O3/c1-18-9-11-19(12-10-18)25(29)27-13-3-7-22(17-27)20-5-2-6-21(15-20)24(28)26-16-23-8-4-14-30-23/h2,4-6,8-12,14-15,22H,3,7,13,16-17H2,1H3,(H,26,28)/t22-/m1/s1. The van der Waals surface area contributed by atoms with E-state index in [1.54, 1.807) is 12.3 Å². The molecule has 1 aliphatic rings. The van der Waals surface area contributed by atoms with E-state index in [0.29, 0.717) is 18.7 Å². The number of nitrogens with one attached hydrogen (secondary N) is 1. The maximum absolute atomic E-state index is 12.9. The predicted molar refractivity (Wildman–Crippen MR) is 115 cm³/mol. The van der Waals surface area contributed by atoms with Gasteiger partial charge in [-0.3, -0.25) is 9.59 Å². The summed E-state index contributed by atoms with van der Waals surface area (Å²) in [5.74, 6) is 0.895. The molecule has 1 aliphatic heterocycles. The monoisotopic (exact) mass is 402 g/mol. The highest BCUT2D eigenvalue weighted by atomic mass is 16.3. The molecule has 154 valence electrons. The second kappa shape index (κ2) is 8.99. The first-order valence-electron chi connectivity index (χ1n) is 10.4. The molecular formula is C25H26N2O3. The zero-order valence-corrected chi connectivity index (χ0v) is 17.1. The van der Waals surface area contributed by atoms with Crippen molar-refractivity contribution in [1.82, 2.24) is 10.2 Å². The Labute approximate surface area is 176 Å². The molecule has 1 saturated heterocycles. The maximum atomic E-state index is 12.9. The van der Waals surface area contributed by atoms with Gasteiger partial charge in [0.2, 0.25) is 0 Å². The van der Waals surface area contributed by atoms with E-state index in [0.717, 1.165) is 41.8 Å². The van der Waals surface area contributed by atoms with Crippen LogP contribution in [0.3, 0.4) is 0 Å². The first kappa shape index (κ1) is 20.0. The van der Waals surface area contributed by atoms with E-state index in [1.165, 1.54) is 0 Å². The topological polar surface area (TPSA) is 62.6 Å². The lowest BCUT2D eigenvalue weighted by Crippen LogP contribution is -2.39. The van der Waals surface area contributed by atoms with Crippen LogP contribution in [0.25, 0.3) is 0 Å². The van der Waals surface area contributed by atoms with Crippen molar-refractivity contribution in [3.8, 4) is 0 Å². The number of likely N-dealkylation sites (tertiary alicyclic amines) is 1. The summed E-state index contributed by atoms with van der Waals surface area (Å²) < 4.78 is 5.26. The molecule has 0 saturated carbocycles. The van der Waals surface area contributed by atoms with E-state index in [4.69, 9.17) is 4.42 Å². The lowest BCUT2D eigenvalue weighted by Gasteiger charge is -2.33. The molecule has 1 aromatic heterocycles. The van der Waals surface area contributed by atoms with Gasteiger partial charge in [-0.2, -0.15) is 0 Å². The third-order valence-corrected chi connectivity index (χ3v) is 5.63. The van der Waals surface area contributed by atoms with E-state index in [1.807, 2.05) is 66.4 Å². The molecule has 3 aromatic rings. The molecule has 0 spiro atoms. The van der Waals surface area contributed by atoms with E-state index in [-0.39, 0.29) is 17.7 Å². The fourth-order valence-electron chi connectivity index (χ4n) is 3.93. The molecule has 1 N–H and O–H groups in total. The molecule has 0 bridgehead atoms. The van der Waals surface area contributed by atoms with Gasteiger partial charge < -0.3 is 14.6 Å². The van der Waals surface area contributed by atoms with Gasteiger partial charge in [0.1, 0.15) is 5.76 Å². The van der Waals surface area contributed by atoms with Crippen LogP contribution in [0.15, 0.2) is 71.3 Å². The zero-order chi connectivity index (χ0) is 20.9. The normalized spacial score (nSPS) is 16.3. The summed E-state index contributed by atoms with van der Waals surface area (Å²) in [6.07, 6.45) is 3.56. The minimum Gasteiger partial charge on any atom is -0.467 e. The third-order valence-electron chi connectivity index (χ3n) is 5.63. The van der Waals surface area contributed by atoms with Gasteiger partial charge in [-0.1, -0.05) is 29.8 Å². The van der Waals surface area contributed by atoms with Gasteiger partial charge >= 0.3 is 0 Å². The summed E-state index contributed by atoms with van der Waals surface area (Å²) in [5.41, 5.74) is 3.60. The molecule has 4 rings (SSSR count). The number of rotatable bonds is 5. The van der Waals surface area contributed by atoms with E-state index in [9.17, 15) is 9.59 Å². The summed E-state index contributed by atoms with van der Waals surface area (Å²) in [5, 5.41) is 2.89. The first-order chi connectivity index (χ1) is 14.6. The highest BCUT2D eigenvalue weighted by molar-refractivity contribution is 5.95. The van der Waals surface area contributed by atoms with E-state index < -0.39 is 0 Å². The minimum atomic E-state index is -0.128. The van der Waals surface area contributed by atoms with Crippen molar-refractivity contribution >= 4 is 11.8 Å². The van der Waals surface area contributed by atoms with Crippen molar-refractivity contribution < 1.29 is 14.0 Å². The number of hydrogen-bond acceptors (Lipinski definition) is 3. The Balaban J connectivity index is 1.43. The summed E-state index contributed by atoms with van der Waals surface area (Å²) in [7, 11) is 0. The van der Waals surface area contributed by atoms with E-state index in [2.05, 4.69) is 5.32 Å². The Kier molecular flexibility index (Phi) is 5.98. The van der Waals surface area contributed by atoms with Crippen LogP contribution in [0.2, 0.25) is 0 Å². The van der Waals surface area contributed by atoms with Crippen LogP contribution in [-0.2, 0) is 6.54 Å². The van der Waals surface area contributed by atoms with Crippen molar-refractivity contribution in [3.05, 3.63) is 94.9 Å². The summed E-state index contributed by atoms with van der Waals surface area (Å²) in [6.45, 7) is 3.82. The molecule has 5 heteroatoms. The van der Waals surface area contributed by atoms with E-state index >= 15 is 0 Å². The number of carbonyl (C=O) groups is 2. The summed E-state index contributed by atoms with van der Waals surface area (Å²) >= 11 is 0. The van der Waals surface area contributed by atoms with Crippen LogP contribution in [0.1, 0.15) is 56.4 Å². The zero-order valence-electron chi connectivity index (χ0n) is 17.1. The average Bonchev–Trinajstić information content (AvgIpc) is 3.31. The highest BCUT2D eigenvalue weighted by Gasteiger charge is 2.26. The molecule has 0 aliphatic carbocycles. The van der Waals surface area contributed by atoms with Gasteiger partial charge in [0.05, 0.1) is 12.8 Å². The van der Waals surface area contributed by atoms with Gasteiger partial charge in [0, 0.05) is 30.1 Å². The number of amides is 2. The number of aryl methyl sites for hydroxylation is 1. The lowest BCUT2D eigenvalue weighted by atomic mass is 9.89. The third kappa shape index (κ3) is 4.62. The Bertz CT molecular complexity index is 1010. The summed E-state index contributed by atoms with van der Waals surface area (Å²) in [4.78, 5) is 27.4. The Morgan fingerprint density at radius 3 is 2.67 bits per heavy atom. The van der Waals surface area contributed by atoms with Crippen molar-refractivity contribution in [2.45, 2.75) is 32.2 Å². The number of hydrogen-bond donors (Lipinski definition) is 1. The highest BCUT2D eigenvalue weighted by Crippen LogP contribution is 2.28. The first-order valence-corrected chi connectivity index (χ1v) is 10.4. The predicted octanol–water partition coefficient (Wildman–Crippen LogP) is 4.54. The summed E-state index contributed by atoms with van der Waals surface area (Å²) in [6, 6.07) is 19.1. The SMILES string of the molecule is Cc1ccc(C(=O)N2CCC[C@@H](c3cccc(C(=O)NCc4ccco4)c3)C2)cc1. The van der Waals surface area contributed by atoms with Gasteiger partial charge in [-0.05, 0) is 61.7 Å². The van der Waals surface area contributed by atoms with Crippen LogP contribution in [-0.4, -0.2) is 29.8 Å². The van der Waals surface area contributed by atoms with Crippen molar-refractivity contribution in [2.24, 2.45) is 0 Å².